The van der Waals surface area contributed by atoms with Crippen LogP contribution < -0.4 is 10.1 Å². The van der Waals surface area contributed by atoms with Gasteiger partial charge in [0.05, 0.1) is 0 Å². The highest BCUT2D eigenvalue weighted by Gasteiger charge is 2.38. The van der Waals surface area contributed by atoms with Crippen molar-refractivity contribution < 1.29 is 32.6 Å². The fourth-order valence-corrected chi connectivity index (χ4v) is 3.04. The summed E-state index contributed by atoms with van der Waals surface area (Å²) in [5, 5.41) is 10.9. The van der Waals surface area contributed by atoms with Gasteiger partial charge in [0.1, 0.15) is 12.4 Å². The van der Waals surface area contributed by atoms with Crippen molar-refractivity contribution in [2.24, 2.45) is 0 Å². The van der Waals surface area contributed by atoms with Gasteiger partial charge in [-0.05, 0) is 58.0 Å². The fourth-order valence-electron chi connectivity index (χ4n) is 2.82. The van der Waals surface area contributed by atoms with E-state index in [1.54, 1.807) is 30.6 Å². The number of ether oxygens (including phenoxy) is 1. The van der Waals surface area contributed by atoms with E-state index in [-0.39, 0.29) is 18.0 Å². The number of hydrogen-bond acceptors (Lipinski definition) is 5. The van der Waals surface area contributed by atoms with Crippen molar-refractivity contribution >= 4 is 29.2 Å². The standard InChI is InChI=1S/C20H26ClN3O2.C2HF3O2/c1-14(2)24(15(3)4)20(25)16-11-17(21)13-19(12-16)26-10-9-23-18-5-7-22-8-6-18;3-2(4,5)1(6)7/h5-8,11-15H,9-10H2,1-4H3,(H,22,23);(H,6,7). The predicted molar refractivity (Wildman–Crippen MR) is 120 cm³/mol. The Morgan fingerprint density at radius 3 is 2.15 bits per heavy atom. The largest absolute Gasteiger partial charge is 0.492 e. The highest BCUT2D eigenvalue weighted by Crippen LogP contribution is 2.23. The van der Waals surface area contributed by atoms with Gasteiger partial charge in [-0.15, -0.1) is 0 Å². The zero-order chi connectivity index (χ0) is 25.2. The van der Waals surface area contributed by atoms with Gasteiger partial charge in [0.2, 0.25) is 0 Å². The minimum absolute atomic E-state index is 0.0442. The molecule has 0 fully saturated rings. The molecule has 0 aliphatic carbocycles. The van der Waals surface area contributed by atoms with Gasteiger partial charge in [0.25, 0.3) is 5.91 Å². The van der Waals surface area contributed by atoms with E-state index in [0.717, 1.165) is 5.69 Å². The number of anilines is 1. The van der Waals surface area contributed by atoms with Gasteiger partial charge in [-0.3, -0.25) is 9.78 Å². The Morgan fingerprint density at radius 2 is 1.67 bits per heavy atom. The maximum absolute atomic E-state index is 12.8. The van der Waals surface area contributed by atoms with Crippen LogP contribution in [0, 0.1) is 0 Å². The lowest BCUT2D eigenvalue weighted by Gasteiger charge is -2.31. The molecule has 2 N–H and O–H groups in total. The Labute approximate surface area is 195 Å². The van der Waals surface area contributed by atoms with E-state index in [4.69, 9.17) is 26.2 Å². The van der Waals surface area contributed by atoms with Gasteiger partial charge in [-0.2, -0.15) is 13.2 Å². The zero-order valence-electron chi connectivity index (χ0n) is 18.7. The maximum Gasteiger partial charge on any atom is 0.490 e. The van der Waals surface area contributed by atoms with Crippen molar-refractivity contribution in [3.8, 4) is 5.75 Å². The number of carbonyl (C=O) groups is 2. The first kappa shape index (κ1) is 28.0. The van der Waals surface area contributed by atoms with Crippen LogP contribution in [0.3, 0.4) is 0 Å². The van der Waals surface area contributed by atoms with Crippen LogP contribution in [-0.4, -0.2) is 58.3 Å². The van der Waals surface area contributed by atoms with Crippen LogP contribution in [0.25, 0.3) is 0 Å². The first-order valence-corrected chi connectivity index (χ1v) is 10.4. The summed E-state index contributed by atoms with van der Waals surface area (Å²) in [4.78, 5) is 27.5. The molecule has 2 rings (SSSR count). The van der Waals surface area contributed by atoms with Crippen molar-refractivity contribution in [1.29, 1.82) is 0 Å². The summed E-state index contributed by atoms with van der Waals surface area (Å²) >= 11 is 6.19. The molecule has 0 atom stereocenters. The lowest BCUT2D eigenvalue weighted by Crippen LogP contribution is -2.42. The van der Waals surface area contributed by atoms with Crippen LogP contribution in [-0.2, 0) is 4.79 Å². The summed E-state index contributed by atoms with van der Waals surface area (Å²) in [5.41, 5.74) is 1.52. The molecule has 11 heteroatoms. The summed E-state index contributed by atoms with van der Waals surface area (Å²) in [5.74, 6) is -2.21. The molecule has 0 aliphatic heterocycles. The van der Waals surface area contributed by atoms with Gasteiger partial charge < -0.3 is 20.1 Å². The quantitative estimate of drug-likeness (QED) is 0.500. The zero-order valence-corrected chi connectivity index (χ0v) is 19.4. The van der Waals surface area contributed by atoms with E-state index in [1.807, 2.05) is 44.7 Å². The molecule has 7 nitrogen and oxygen atoms in total. The molecule has 0 aliphatic rings. The third kappa shape index (κ3) is 9.98. The molecule has 1 heterocycles. The number of rotatable bonds is 8. The first-order chi connectivity index (χ1) is 15.3. The second-order valence-corrected chi connectivity index (χ2v) is 7.83. The number of hydrogen-bond donors (Lipinski definition) is 2. The smallest absolute Gasteiger partial charge is 0.490 e. The summed E-state index contributed by atoms with van der Waals surface area (Å²) in [6, 6.07) is 9.15. The van der Waals surface area contributed by atoms with Crippen molar-refractivity contribution in [1.82, 2.24) is 9.88 Å². The number of halogens is 4. The number of aromatic nitrogens is 1. The molecule has 0 spiro atoms. The molecule has 1 aromatic heterocycles. The SMILES string of the molecule is CC(C)N(C(=O)c1cc(Cl)cc(OCCNc2ccncc2)c1)C(C)C.O=C(O)C(F)(F)F. The normalized spacial score (nSPS) is 11.0. The number of alkyl halides is 3. The molecule has 0 saturated heterocycles. The van der Waals surface area contributed by atoms with Crippen molar-refractivity contribution in [3.05, 3.63) is 53.3 Å². The van der Waals surface area contributed by atoms with Gasteiger partial charge in [0, 0.05) is 47.3 Å². The first-order valence-electron chi connectivity index (χ1n) is 10.0. The topological polar surface area (TPSA) is 91.8 Å². The Morgan fingerprint density at radius 1 is 1.12 bits per heavy atom. The summed E-state index contributed by atoms with van der Waals surface area (Å²) in [7, 11) is 0. The molecule has 182 valence electrons. The Balaban J connectivity index is 0.000000675. The van der Waals surface area contributed by atoms with Gasteiger partial charge in [-0.25, -0.2) is 4.79 Å². The third-order valence-corrected chi connectivity index (χ3v) is 4.31. The van der Waals surface area contributed by atoms with E-state index in [1.165, 1.54) is 0 Å². The summed E-state index contributed by atoms with van der Waals surface area (Å²) < 4.78 is 37.5. The number of carbonyl (C=O) groups excluding carboxylic acids is 1. The Kier molecular flexibility index (Phi) is 10.9. The Bertz CT molecular complexity index is 902. The third-order valence-electron chi connectivity index (χ3n) is 4.09. The van der Waals surface area contributed by atoms with E-state index >= 15 is 0 Å². The van der Waals surface area contributed by atoms with E-state index in [9.17, 15) is 18.0 Å². The number of aliphatic carboxylic acids is 1. The molecule has 1 amide bonds. The van der Waals surface area contributed by atoms with Crippen LogP contribution in [0.1, 0.15) is 38.1 Å². The molecule has 0 bridgehead atoms. The molecule has 0 radical (unpaired) electrons. The highest BCUT2D eigenvalue weighted by molar-refractivity contribution is 6.31. The number of benzene rings is 1. The van der Waals surface area contributed by atoms with Gasteiger partial charge in [-0.1, -0.05) is 11.6 Å². The predicted octanol–water partition coefficient (Wildman–Crippen LogP) is 5.12. The lowest BCUT2D eigenvalue weighted by molar-refractivity contribution is -0.192. The average Bonchev–Trinajstić information content (AvgIpc) is 2.71. The van der Waals surface area contributed by atoms with Crippen molar-refractivity contribution in [2.75, 3.05) is 18.5 Å². The Hall–Kier alpha value is -3.01. The van der Waals surface area contributed by atoms with Crippen molar-refractivity contribution in [3.63, 3.8) is 0 Å². The summed E-state index contributed by atoms with van der Waals surface area (Å²) in [6.07, 6.45) is -1.62. The van der Waals surface area contributed by atoms with Gasteiger partial charge in [0.15, 0.2) is 0 Å². The second kappa shape index (κ2) is 12.9. The fraction of sp³-hybridized carbons (Fsp3) is 0.409. The second-order valence-electron chi connectivity index (χ2n) is 7.39. The van der Waals surface area contributed by atoms with E-state index in [0.29, 0.717) is 29.5 Å². The van der Waals surface area contributed by atoms with Crippen LogP contribution >= 0.6 is 11.6 Å². The molecule has 33 heavy (non-hydrogen) atoms. The maximum atomic E-state index is 12.8. The molecular formula is C22H27ClF3N3O4. The summed E-state index contributed by atoms with van der Waals surface area (Å²) in [6.45, 7) is 9.10. The molecule has 1 aromatic carbocycles. The van der Waals surface area contributed by atoms with E-state index in [2.05, 4.69) is 10.3 Å². The monoisotopic (exact) mass is 489 g/mol. The molecule has 0 saturated carbocycles. The van der Waals surface area contributed by atoms with Crippen LogP contribution in [0.4, 0.5) is 18.9 Å². The van der Waals surface area contributed by atoms with Gasteiger partial charge >= 0.3 is 12.1 Å². The minimum Gasteiger partial charge on any atom is -0.492 e. The number of nitrogens with one attached hydrogen (secondary N) is 1. The van der Waals surface area contributed by atoms with E-state index < -0.39 is 12.1 Å². The lowest BCUT2D eigenvalue weighted by atomic mass is 10.1. The molecular weight excluding hydrogens is 463 g/mol. The number of carboxylic acid groups (broad SMARTS) is 1. The number of amides is 1. The average molecular weight is 490 g/mol. The van der Waals surface area contributed by atoms with Crippen LogP contribution in [0.5, 0.6) is 5.75 Å². The van der Waals surface area contributed by atoms with Crippen molar-refractivity contribution in [2.45, 2.75) is 46.0 Å². The minimum atomic E-state index is -5.08. The number of nitrogens with zero attached hydrogens (tertiary/aromatic N) is 2. The molecule has 0 unspecified atom stereocenters. The van der Waals surface area contributed by atoms with Crippen LogP contribution in [0.15, 0.2) is 42.7 Å². The highest BCUT2D eigenvalue weighted by atomic mass is 35.5. The molecule has 2 aromatic rings. The number of pyridine rings is 1. The van der Waals surface area contributed by atoms with Crippen LogP contribution in [0.2, 0.25) is 5.02 Å². The number of carboxylic acids is 1.